The third-order valence-electron chi connectivity index (χ3n) is 2.19. The van der Waals surface area contributed by atoms with Crippen molar-refractivity contribution in [3.05, 3.63) is 24.0 Å². The van der Waals surface area contributed by atoms with Gasteiger partial charge in [0.25, 0.3) is 9.84 Å². The molecule has 0 aliphatic rings. The van der Waals surface area contributed by atoms with Gasteiger partial charge in [-0.25, -0.2) is 13.4 Å². The molecule has 0 bridgehead atoms. The van der Waals surface area contributed by atoms with Crippen LogP contribution in [0.1, 0.15) is 5.82 Å². The Kier molecular flexibility index (Phi) is 2.89. The van der Waals surface area contributed by atoms with Gasteiger partial charge in [-0.05, 0) is 25.1 Å². The van der Waals surface area contributed by atoms with Gasteiger partial charge >= 0.3 is 3.26 Å². The summed E-state index contributed by atoms with van der Waals surface area (Å²) >= 11 is 0.605. The molecule has 0 saturated carbocycles. The number of nitrogens with zero attached hydrogens (tertiary/aromatic N) is 1. The maximum Gasteiger partial charge on any atom is 0.398 e. The van der Waals surface area contributed by atoms with Crippen molar-refractivity contribution in [1.29, 1.82) is 0 Å². The molecule has 8 heteroatoms. The van der Waals surface area contributed by atoms with Crippen molar-refractivity contribution in [1.82, 2.24) is 9.97 Å². The molecule has 0 saturated heterocycles. The number of sulfone groups is 1. The fourth-order valence-corrected chi connectivity index (χ4v) is 2.97. The largest absolute Gasteiger partial charge is 0.398 e. The Morgan fingerprint density at radius 3 is 2.65 bits per heavy atom. The molecule has 0 spiro atoms. The highest BCUT2D eigenvalue weighted by Gasteiger charge is 2.43. The monoisotopic (exact) mass is 372 g/mol. The van der Waals surface area contributed by atoms with Crippen molar-refractivity contribution < 1.29 is 17.2 Å². The van der Waals surface area contributed by atoms with E-state index in [-0.39, 0.29) is 0 Å². The third-order valence-corrected chi connectivity index (χ3v) is 5.41. The van der Waals surface area contributed by atoms with Gasteiger partial charge in [0, 0.05) is 22.6 Å². The number of alkyl halides is 3. The van der Waals surface area contributed by atoms with Crippen LogP contribution in [0.4, 0.5) is 8.78 Å². The maximum atomic E-state index is 13.0. The maximum absolute atomic E-state index is 13.0. The van der Waals surface area contributed by atoms with E-state index in [4.69, 9.17) is 0 Å². The average molecular weight is 372 g/mol. The quantitative estimate of drug-likeness (QED) is 0.651. The van der Waals surface area contributed by atoms with Gasteiger partial charge < -0.3 is 4.98 Å². The second-order valence-electron chi connectivity index (χ2n) is 3.45. The standard InChI is InChI=1S/C9H7F2IN2O2S/c1-5-13-7-3-2-6(4-8(7)14-5)17(15,16)9(10,11)12/h2-4H,1H3,(H,13,14). The number of fused-ring (bicyclic) bond motifs is 1. The summed E-state index contributed by atoms with van der Waals surface area (Å²) in [7, 11) is -4.65. The molecule has 17 heavy (non-hydrogen) atoms. The highest BCUT2D eigenvalue weighted by molar-refractivity contribution is 14.1. The predicted molar refractivity (Wildman–Crippen MR) is 67.0 cm³/mol. The molecule has 0 radical (unpaired) electrons. The fourth-order valence-electron chi connectivity index (χ4n) is 1.42. The predicted octanol–water partition coefficient (Wildman–Crippen LogP) is 2.63. The van der Waals surface area contributed by atoms with Crippen LogP contribution < -0.4 is 0 Å². The Balaban J connectivity index is 2.65. The zero-order valence-corrected chi connectivity index (χ0v) is 11.5. The smallest absolute Gasteiger partial charge is 0.342 e. The Morgan fingerprint density at radius 2 is 2.06 bits per heavy atom. The Hall–Kier alpha value is -0.770. The van der Waals surface area contributed by atoms with E-state index in [2.05, 4.69) is 9.97 Å². The van der Waals surface area contributed by atoms with Gasteiger partial charge in [0.2, 0.25) is 0 Å². The summed E-state index contributed by atoms with van der Waals surface area (Å²) in [5, 5.41) is 0. The van der Waals surface area contributed by atoms with Crippen LogP contribution in [0.25, 0.3) is 11.0 Å². The first-order chi connectivity index (χ1) is 7.72. The molecule has 1 heterocycles. The van der Waals surface area contributed by atoms with Gasteiger partial charge in [-0.2, -0.15) is 8.78 Å². The molecular weight excluding hydrogens is 365 g/mol. The first-order valence-corrected chi connectivity index (χ1v) is 7.06. The van der Waals surface area contributed by atoms with E-state index in [0.717, 1.165) is 12.1 Å². The van der Waals surface area contributed by atoms with Crippen molar-refractivity contribution in [3.63, 3.8) is 0 Å². The van der Waals surface area contributed by atoms with Crippen molar-refractivity contribution >= 4 is 43.5 Å². The highest BCUT2D eigenvalue weighted by atomic mass is 127. The molecule has 2 rings (SSSR count). The van der Waals surface area contributed by atoms with Crippen LogP contribution in [0.15, 0.2) is 23.1 Å². The van der Waals surface area contributed by atoms with Crippen LogP contribution in [0.5, 0.6) is 0 Å². The van der Waals surface area contributed by atoms with Crippen molar-refractivity contribution in [3.8, 4) is 0 Å². The number of aryl methyl sites for hydroxylation is 1. The Morgan fingerprint density at radius 1 is 1.41 bits per heavy atom. The number of hydrogen-bond acceptors (Lipinski definition) is 3. The Bertz CT molecular complexity index is 676. The fraction of sp³-hybridized carbons (Fsp3) is 0.222. The lowest BCUT2D eigenvalue weighted by molar-refractivity contribution is 0.215. The zero-order valence-electron chi connectivity index (χ0n) is 8.54. The van der Waals surface area contributed by atoms with Gasteiger partial charge in [0.1, 0.15) is 5.82 Å². The number of rotatable bonds is 2. The minimum atomic E-state index is -4.65. The Labute approximate surface area is 109 Å². The van der Waals surface area contributed by atoms with E-state index in [1.807, 2.05) is 0 Å². The summed E-state index contributed by atoms with van der Waals surface area (Å²) in [5.74, 6) is 0.593. The van der Waals surface area contributed by atoms with E-state index < -0.39 is 18.0 Å². The molecule has 4 nitrogen and oxygen atoms in total. The van der Waals surface area contributed by atoms with E-state index >= 15 is 0 Å². The van der Waals surface area contributed by atoms with Crippen molar-refractivity contribution in [2.24, 2.45) is 0 Å². The van der Waals surface area contributed by atoms with E-state index in [0.29, 0.717) is 39.4 Å². The molecule has 0 atom stereocenters. The lowest BCUT2D eigenvalue weighted by atomic mass is 10.3. The van der Waals surface area contributed by atoms with Crippen LogP contribution in [0.2, 0.25) is 0 Å². The van der Waals surface area contributed by atoms with Crippen LogP contribution >= 0.6 is 22.6 Å². The molecule has 2 aromatic rings. The highest BCUT2D eigenvalue weighted by Crippen LogP contribution is 2.35. The average Bonchev–Trinajstić information content (AvgIpc) is 2.54. The summed E-state index contributed by atoms with van der Waals surface area (Å²) in [4.78, 5) is 6.44. The number of aromatic amines is 1. The molecule has 92 valence electrons. The number of halogens is 3. The van der Waals surface area contributed by atoms with Gasteiger partial charge in [-0.3, -0.25) is 0 Å². The number of benzene rings is 1. The molecule has 0 aliphatic carbocycles. The lowest BCUT2D eigenvalue weighted by Crippen LogP contribution is -2.21. The SMILES string of the molecule is Cc1nc2ccc(S(=O)(=O)C(F)(F)I)cc2[nH]1. The summed E-state index contributed by atoms with van der Waals surface area (Å²) in [6, 6.07) is 3.69. The van der Waals surface area contributed by atoms with Gasteiger partial charge in [-0.15, -0.1) is 0 Å². The van der Waals surface area contributed by atoms with E-state index in [1.54, 1.807) is 6.92 Å². The van der Waals surface area contributed by atoms with Crippen molar-refractivity contribution in [2.75, 3.05) is 0 Å². The minimum Gasteiger partial charge on any atom is -0.342 e. The van der Waals surface area contributed by atoms with E-state index in [9.17, 15) is 17.2 Å². The van der Waals surface area contributed by atoms with Gasteiger partial charge in [-0.1, -0.05) is 0 Å². The molecule has 0 amide bonds. The first-order valence-electron chi connectivity index (χ1n) is 4.49. The summed E-state index contributed by atoms with van der Waals surface area (Å²) in [6.45, 7) is 1.70. The number of H-pyrrole nitrogens is 1. The zero-order chi connectivity index (χ0) is 12.8. The third kappa shape index (κ3) is 2.15. The van der Waals surface area contributed by atoms with Gasteiger partial charge in [0.05, 0.1) is 15.9 Å². The summed E-state index contributed by atoms with van der Waals surface area (Å²) in [5.41, 5.74) is 0.961. The van der Waals surface area contributed by atoms with Crippen LogP contribution in [0.3, 0.4) is 0 Å². The summed E-state index contributed by atoms with van der Waals surface area (Å²) < 4.78 is 45.1. The normalized spacial score (nSPS) is 13.2. The van der Waals surface area contributed by atoms with Crippen LogP contribution in [-0.4, -0.2) is 21.6 Å². The minimum absolute atomic E-state index is 0.421. The lowest BCUT2D eigenvalue weighted by Gasteiger charge is -2.09. The molecule has 0 aliphatic heterocycles. The first kappa shape index (κ1) is 12.7. The van der Waals surface area contributed by atoms with E-state index in [1.165, 1.54) is 6.07 Å². The number of nitrogens with one attached hydrogen (secondary N) is 1. The van der Waals surface area contributed by atoms with Gasteiger partial charge in [0.15, 0.2) is 0 Å². The second-order valence-corrected chi connectivity index (χ2v) is 7.53. The molecular formula is C9H7F2IN2O2S. The summed E-state index contributed by atoms with van der Waals surface area (Å²) in [6.07, 6.45) is 0. The molecule has 1 N–H and O–H groups in total. The van der Waals surface area contributed by atoms with Crippen LogP contribution in [-0.2, 0) is 9.84 Å². The second kappa shape index (κ2) is 3.87. The molecule has 0 unspecified atom stereocenters. The molecule has 0 fully saturated rings. The topological polar surface area (TPSA) is 62.8 Å². The number of hydrogen-bond donors (Lipinski definition) is 1. The molecule has 1 aromatic carbocycles. The van der Waals surface area contributed by atoms with Crippen molar-refractivity contribution in [2.45, 2.75) is 15.1 Å². The van der Waals surface area contributed by atoms with Crippen LogP contribution in [0, 0.1) is 6.92 Å². The number of imidazole rings is 1. The number of aromatic nitrogens is 2. The molecule has 1 aromatic heterocycles.